The molecule has 0 amide bonds. The molecule has 1 saturated heterocycles. The molecule has 0 spiro atoms. The minimum absolute atomic E-state index is 0.644. The van der Waals surface area contributed by atoms with Crippen molar-refractivity contribution in [1.29, 1.82) is 0 Å². The summed E-state index contributed by atoms with van der Waals surface area (Å²) < 4.78 is 0. The minimum Gasteiger partial charge on any atom is -0.311 e. The second-order valence-corrected chi connectivity index (χ2v) is 5.04. The van der Waals surface area contributed by atoms with Gasteiger partial charge >= 0.3 is 0 Å². The van der Waals surface area contributed by atoms with Gasteiger partial charge in [-0.25, -0.2) is 0 Å². The van der Waals surface area contributed by atoms with E-state index in [1.165, 1.54) is 12.0 Å². The van der Waals surface area contributed by atoms with E-state index in [0.29, 0.717) is 6.04 Å². The van der Waals surface area contributed by atoms with Gasteiger partial charge in [0.2, 0.25) is 0 Å². The SMILES string of the molecule is CCC(C)C1CN(Cc2cccnc2)CCN1. The van der Waals surface area contributed by atoms with Gasteiger partial charge in [0.15, 0.2) is 0 Å². The highest BCUT2D eigenvalue weighted by Gasteiger charge is 2.22. The molecule has 3 nitrogen and oxygen atoms in total. The smallest absolute Gasteiger partial charge is 0.0312 e. The van der Waals surface area contributed by atoms with E-state index < -0.39 is 0 Å². The number of pyridine rings is 1. The van der Waals surface area contributed by atoms with E-state index in [2.05, 4.69) is 35.1 Å². The molecular weight excluding hydrogens is 210 g/mol. The maximum absolute atomic E-state index is 4.18. The molecule has 94 valence electrons. The van der Waals surface area contributed by atoms with Gasteiger partial charge in [0, 0.05) is 44.6 Å². The Hall–Kier alpha value is -0.930. The highest BCUT2D eigenvalue weighted by Crippen LogP contribution is 2.14. The van der Waals surface area contributed by atoms with Crippen molar-refractivity contribution in [2.75, 3.05) is 19.6 Å². The minimum atomic E-state index is 0.644. The first kappa shape index (κ1) is 12.5. The molecule has 1 fully saturated rings. The number of aromatic nitrogens is 1. The molecule has 0 aliphatic carbocycles. The summed E-state index contributed by atoms with van der Waals surface area (Å²) in [6, 6.07) is 4.82. The molecule has 1 N–H and O–H groups in total. The average molecular weight is 233 g/mol. The van der Waals surface area contributed by atoms with Crippen LogP contribution in [-0.4, -0.2) is 35.6 Å². The summed E-state index contributed by atoms with van der Waals surface area (Å²) in [6.45, 7) is 9.04. The van der Waals surface area contributed by atoms with Gasteiger partial charge in [-0.05, 0) is 17.5 Å². The van der Waals surface area contributed by atoms with E-state index in [0.717, 1.165) is 32.1 Å². The predicted molar refractivity (Wildman–Crippen MR) is 70.8 cm³/mol. The van der Waals surface area contributed by atoms with E-state index in [9.17, 15) is 0 Å². The third-order valence-corrected chi connectivity index (χ3v) is 3.75. The van der Waals surface area contributed by atoms with Crippen LogP contribution < -0.4 is 5.32 Å². The lowest BCUT2D eigenvalue weighted by Gasteiger charge is -2.36. The fourth-order valence-electron chi connectivity index (χ4n) is 2.40. The Morgan fingerprint density at radius 3 is 3.18 bits per heavy atom. The maximum Gasteiger partial charge on any atom is 0.0312 e. The van der Waals surface area contributed by atoms with Gasteiger partial charge in [-0.1, -0.05) is 26.3 Å². The monoisotopic (exact) mass is 233 g/mol. The quantitative estimate of drug-likeness (QED) is 0.861. The molecule has 17 heavy (non-hydrogen) atoms. The molecule has 2 unspecified atom stereocenters. The fourth-order valence-corrected chi connectivity index (χ4v) is 2.40. The van der Waals surface area contributed by atoms with Crippen molar-refractivity contribution in [2.45, 2.75) is 32.9 Å². The Morgan fingerprint density at radius 1 is 1.59 bits per heavy atom. The Kier molecular flexibility index (Phi) is 4.51. The van der Waals surface area contributed by atoms with Crippen LogP contribution in [0.3, 0.4) is 0 Å². The van der Waals surface area contributed by atoms with Crippen LogP contribution in [0, 0.1) is 5.92 Å². The van der Waals surface area contributed by atoms with E-state index in [-0.39, 0.29) is 0 Å². The van der Waals surface area contributed by atoms with Crippen LogP contribution in [0.5, 0.6) is 0 Å². The largest absolute Gasteiger partial charge is 0.311 e. The second kappa shape index (κ2) is 6.12. The topological polar surface area (TPSA) is 28.2 Å². The van der Waals surface area contributed by atoms with Gasteiger partial charge in [-0.3, -0.25) is 9.88 Å². The summed E-state index contributed by atoms with van der Waals surface area (Å²) >= 11 is 0. The van der Waals surface area contributed by atoms with Crippen LogP contribution in [0.1, 0.15) is 25.8 Å². The molecule has 0 aromatic carbocycles. The van der Waals surface area contributed by atoms with Crippen molar-refractivity contribution in [3.05, 3.63) is 30.1 Å². The van der Waals surface area contributed by atoms with Crippen molar-refractivity contribution in [3.8, 4) is 0 Å². The van der Waals surface area contributed by atoms with E-state index in [1.807, 2.05) is 18.5 Å². The first-order chi connectivity index (χ1) is 8.29. The van der Waals surface area contributed by atoms with E-state index in [4.69, 9.17) is 0 Å². The highest BCUT2D eigenvalue weighted by atomic mass is 15.2. The third kappa shape index (κ3) is 3.51. The van der Waals surface area contributed by atoms with Crippen molar-refractivity contribution in [3.63, 3.8) is 0 Å². The molecule has 0 bridgehead atoms. The summed E-state index contributed by atoms with van der Waals surface area (Å²) in [4.78, 5) is 6.71. The standard InChI is InChI=1S/C14H23N3/c1-3-12(2)14-11-17(8-7-16-14)10-13-5-4-6-15-9-13/h4-6,9,12,14,16H,3,7-8,10-11H2,1-2H3. The van der Waals surface area contributed by atoms with Gasteiger partial charge in [-0.2, -0.15) is 0 Å². The first-order valence-corrected chi connectivity index (χ1v) is 6.64. The Labute approximate surface area is 104 Å². The highest BCUT2D eigenvalue weighted by molar-refractivity contribution is 5.08. The van der Waals surface area contributed by atoms with Crippen LogP contribution in [0.25, 0.3) is 0 Å². The number of nitrogens with one attached hydrogen (secondary N) is 1. The lowest BCUT2D eigenvalue weighted by Crippen LogP contribution is -2.52. The Morgan fingerprint density at radius 2 is 2.47 bits per heavy atom. The summed E-state index contributed by atoms with van der Waals surface area (Å²) in [5.41, 5.74) is 1.32. The van der Waals surface area contributed by atoms with E-state index >= 15 is 0 Å². The van der Waals surface area contributed by atoms with Crippen LogP contribution >= 0.6 is 0 Å². The zero-order valence-electron chi connectivity index (χ0n) is 10.9. The first-order valence-electron chi connectivity index (χ1n) is 6.64. The molecule has 1 aromatic rings. The molecule has 2 heterocycles. The molecule has 0 radical (unpaired) electrons. The predicted octanol–water partition coefficient (Wildman–Crippen LogP) is 1.90. The lowest BCUT2D eigenvalue weighted by molar-refractivity contribution is 0.162. The normalized spacial score (nSPS) is 23.5. The van der Waals surface area contributed by atoms with Crippen molar-refractivity contribution in [1.82, 2.24) is 15.2 Å². The average Bonchev–Trinajstić information content (AvgIpc) is 2.39. The molecule has 2 atom stereocenters. The Balaban J connectivity index is 1.89. The molecule has 1 aliphatic rings. The zero-order valence-corrected chi connectivity index (χ0v) is 10.9. The van der Waals surface area contributed by atoms with Gasteiger partial charge in [0.1, 0.15) is 0 Å². The van der Waals surface area contributed by atoms with Gasteiger partial charge < -0.3 is 5.32 Å². The van der Waals surface area contributed by atoms with Crippen LogP contribution in [0.2, 0.25) is 0 Å². The van der Waals surface area contributed by atoms with Crippen LogP contribution in [0.4, 0.5) is 0 Å². The summed E-state index contributed by atoms with van der Waals surface area (Å²) in [5, 5.41) is 3.63. The second-order valence-electron chi connectivity index (χ2n) is 5.04. The maximum atomic E-state index is 4.18. The molecular formula is C14H23N3. The summed E-state index contributed by atoms with van der Waals surface area (Å²) in [7, 11) is 0. The summed E-state index contributed by atoms with van der Waals surface area (Å²) in [5.74, 6) is 0.756. The number of hydrogen-bond acceptors (Lipinski definition) is 3. The summed E-state index contributed by atoms with van der Waals surface area (Å²) in [6.07, 6.45) is 5.06. The molecule has 0 saturated carbocycles. The Bertz CT molecular complexity index is 325. The number of hydrogen-bond donors (Lipinski definition) is 1. The number of rotatable bonds is 4. The lowest BCUT2D eigenvalue weighted by atomic mass is 9.97. The number of piperazine rings is 1. The van der Waals surface area contributed by atoms with Gasteiger partial charge in [-0.15, -0.1) is 0 Å². The molecule has 1 aliphatic heterocycles. The van der Waals surface area contributed by atoms with Crippen molar-refractivity contribution >= 4 is 0 Å². The zero-order chi connectivity index (χ0) is 12.1. The van der Waals surface area contributed by atoms with Crippen LogP contribution in [0.15, 0.2) is 24.5 Å². The molecule has 3 heteroatoms. The van der Waals surface area contributed by atoms with E-state index in [1.54, 1.807) is 0 Å². The fraction of sp³-hybridized carbons (Fsp3) is 0.643. The molecule has 1 aromatic heterocycles. The number of nitrogens with zero attached hydrogens (tertiary/aromatic N) is 2. The van der Waals surface area contributed by atoms with Gasteiger partial charge in [0.05, 0.1) is 0 Å². The van der Waals surface area contributed by atoms with Gasteiger partial charge in [0.25, 0.3) is 0 Å². The third-order valence-electron chi connectivity index (χ3n) is 3.75. The molecule has 2 rings (SSSR count). The van der Waals surface area contributed by atoms with Crippen LogP contribution in [-0.2, 0) is 6.54 Å². The van der Waals surface area contributed by atoms with Crippen molar-refractivity contribution in [2.24, 2.45) is 5.92 Å². The van der Waals surface area contributed by atoms with Crippen molar-refractivity contribution < 1.29 is 0 Å².